The maximum absolute atomic E-state index is 13.9. The van der Waals surface area contributed by atoms with Crippen molar-refractivity contribution in [2.45, 2.75) is 25.4 Å². The first-order valence-corrected chi connectivity index (χ1v) is 9.01. The highest BCUT2D eigenvalue weighted by atomic mass is 19.1. The standard InChI is InChI=1S/C21H18F2N4O3/c1-12-3-5-13(6-4-12)21(2)19(29)27(20(30)26-21)11-18(28)25-17(10-24)15-8-7-14(22)9-16(15)23/h3-9,17H,11H2,1-2H3,(H,25,28)(H,26,30). The number of urea groups is 1. The van der Waals surface area contributed by atoms with E-state index in [0.717, 1.165) is 22.6 Å². The number of nitrogens with one attached hydrogen (secondary N) is 2. The van der Waals surface area contributed by atoms with Crippen LogP contribution in [0.1, 0.15) is 29.7 Å². The van der Waals surface area contributed by atoms with Crippen LogP contribution >= 0.6 is 0 Å². The number of aryl methyl sites for hydroxylation is 1. The van der Waals surface area contributed by atoms with Gasteiger partial charge in [0, 0.05) is 11.6 Å². The SMILES string of the molecule is Cc1ccc(C2(C)NC(=O)N(CC(=O)NC(C#N)c3ccc(F)cc3F)C2=O)cc1. The first-order valence-electron chi connectivity index (χ1n) is 9.01. The van der Waals surface area contributed by atoms with E-state index in [4.69, 9.17) is 0 Å². The van der Waals surface area contributed by atoms with Gasteiger partial charge >= 0.3 is 6.03 Å². The number of halogens is 2. The quantitative estimate of drug-likeness (QED) is 0.737. The molecule has 0 aromatic heterocycles. The van der Waals surface area contributed by atoms with Crippen LogP contribution in [0.5, 0.6) is 0 Å². The summed E-state index contributed by atoms with van der Waals surface area (Å²) in [6.07, 6.45) is 0. The molecule has 1 saturated heterocycles. The van der Waals surface area contributed by atoms with Gasteiger partial charge in [-0.3, -0.25) is 14.5 Å². The third-order valence-corrected chi connectivity index (χ3v) is 4.91. The molecule has 0 bridgehead atoms. The highest BCUT2D eigenvalue weighted by molar-refractivity contribution is 6.09. The summed E-state index contributed by atoms with van der Waals surface area (Å²) in [4.78, 5) is 38.3. The van der Waals surface area contributed by atoms with Gasteiger partial charge in [-0.05, 0) is 25.5 Å². The number of rotatable bonds is 5. The second kappa shape index (κ2) is 7.91. The van der Waals surface area contributed by atoms with Gasteiger partial charge in [0.15, 0.2) is 0 Å². The minimum atomic E-state index is -1.41. The van der Waals surface area contributed by atoms with Gasteiger partial charge < -0.3 is 10.6 Å². The second-order valence-electron chi connectivity index (χ2n) is 7.11. The zero-order valence-electron chi connectivity index (χ0n) is 16.2. The molecule has 154 valence electrons. The van der Waals surface area contributed by atoms with Gasteiger partial charge in [-0.25, -0.2) is 13.6 Å². The van der Waals surface area contributed by atoms with Crippen LogP contribution in [0.15, 0.2) is 42.5 Å². The highest BCUT2D eigenvalue weighted by Gasteiger charge is 2.49. The summed E-state index contributed by atoms with van der Waals surface area (Å²) in [6.45, 7) is 2.75. The van der Waals surface area contributed by atoms with E-state index in [2.05, 4.69) is 10.6 Å². The van der Waals surface area contributed by atoms with Crippen molar-refractivity contribution in [1.82, 2.24) is 15.5 Å². The number of carbonyl (C=O) groups excluding carboxylic acids is 3. The molecule has 2 aromatic carbocycles. The minimum Gasteiger partial charge on any atom is -0.335 e. The normalized spacial score (nSPS) is 19.2. The number of benzene rings is 2. The summed E-state index contributed by atoms with van der Waals surface area (Å²) in [7, 11) is 0. The van der Waals surface area contributed by atoms with Crippen LogP contribution in [0, 0.1) is 29.9 Å². The first-order chi connectivity index (χ1) is 14.2. The largest absolute Gasteiger partial charge is 0.335 e. The van der Waals surface area contributed by atoms with Gasteiger partial charge in [-0.1, -0.05) is 35.9 Å². The summed E-state index contributed by atoms with van der Waals surface area (Å²) >= 11 is 0. The highest BCUT2D eigenvalue weighted by Crippen LogP contribution is 2.29. The van der Waals surface area contributed by atoms with E-state index >= 15 is 0 Å². The van der Waals surface area contributed by atoms with E-state index in [1.54, 1.807) is 30.3 Å². The fraction of sp³-hybridized carbons (Fsp3) is 0.238. The molecule has 9 heteroatoms. The number of hydrogen-bond acceptors (Lipinski definition) is 4. The second-order valence-corrected chi connectivity index (χ2v) is 7.11. The molecule has 0 radical (unpaired) electrons. The van der Waals surface area contributed by atoms with E-state index in [1.165, 1.54) is 6.92 Å². The third-order valence-electron chi connectivity index (χ3n) is 4.91. The van der Waals surface area contributed by atoms with Crippen LogP contribution in [0.2, 0.25) is 0 Å². The third kappa shape index (κ3) is 3.85. The molecule has 2 unspecified atom stereocenters. The van der Waals surface area contributed by atoms with E-state index in [-0.39, 0.29) is 5.56 Å². The molecule has 4 amide bonds. The predicted molar refractivity (Wildman–Crippen MR) is 102 cm³/mol. The minimum absolute atomic E-state index is 0.228. The van der Waals surface area contributed by atoms with E-state index in [9.17, 15) is 28.4 Å². The van der Waals surface area contributed by atoms with Crippen LogP contribution in [0.4, 0.5) is 13.6 Å². The molecule has 30 heavy (non-hydrogen) atoms. The summed E-state index contributed by atoms with van der Waals surface area (Å²) in [5.41, 5.74) is -0.0412. The Morgan fingerprint density at radius 3 is 2.50 bits per heavy atom. The molecule has 7 nitrogen and oxygen atoms in total. The van der Waals surface area contributed by atoms with Crippen molar-refractivity contribution in [2.75, 3.05) is 6.54 Å². The molecular weight excluding hydrogens is 394 g/mol. The van der Waals surface area contributed by atoms with Crippen molar-refractivity contribution in [2.24, 2.45) is 0 Å². The van der Waals surface area contributed by atoms with Gasteiger partial charge in [0.25, 0.3) is 5.91 Å². The lowest BCUT2D eigenvalue weighted by molar-refractivity contribution is -0.134. The molecular formula is C21H18F2N4O3. The molecule has 2 N–H and O–H groups in total. The van der Waals surface area contributed by atoms with Crippen molar-refractivity contribution in [3.8, 4) is 6.07 Å². The first kappa shape index (κ1) is 20.9. The fourth-order valence-corrected chi connectivity index (χ4v) is 3.19. The topological polar surface area (TPSA) is 102 Å². The Balaban J connectivity index is 1.74. The lowest BCUT2D eigenvalue weighted by Gasteiger charge is -2.22. The van der Waals surface area contributed by atoms with Gasteiger partial charge in [0.05, 0.1) is 6.07 Å². The maximum Gasteiger partial charge on any atom is 0.325 e. The number of nitrogens with zero attached hydrogens (tertiary/aromatic N) is 2. The molecule has 1 heterocycles. The smallest absolute Gasteiger partial charge is 0.325 e. The number of nitriles is 1. The average molecular weight is 412 g/mol. The molecule has 0 spiro atoms. The van der Waals surface area contributed by atoms with Gasteiger partial charge in [0.1, 0.15) is 29.8 Å². The Bertz CT molecular complexity index is 1060. The lowest BCUT2D eigenvalue weighted by Crippen LogP contribution is -2.43. The maximum atomic E-state index is 13.9. The van der Waals surface area contributed by atoms with Crippen molar-refractivity contribution < 1.29 is 23.2 Å². The number of imide groups is 1. The number of carbonyl (C=O) groups is 3. The predicted octanol–water partition coefficient (Wildman–Crippen LogP) is 2.42. The summed E-state index contributed by atoms with van der Waals surface area (Å²) < 4.78 is 27.0. The lowest BCUT2D eigenvalue weighted by atomic mass is 9.91. The Kier molecular flexibility index (Phi) is 5.52. The van der Waals surface area contributed by atoms with Crippen LogP contribution in [-0.2, 0) is 15.1 Å². The molecule has 0 saturated carbocycles. The Morgan fingerprint density at radius 1 is 1.23 bits per heavy atom. The number of hydrogen-bond donors (Lipinski definition) is 2. The molecule has 2 atom stereocenters. The van der Waals surface area contributed by atoms with Gasteiger partial charge in [0.2, 0.25) is 5.91 Å². The van der Waals surface area contributed by atoms with Crippen LogP contribution in [-0.4, -0.2) is 29.3 Å². The van der Waals surface area contributed by atoms with Crippen LogP contribution in [0.3, 0.4) is 0 Å². The Morgan fingerprint density at radius 2 is 1.90 bits per heavy atom. The summed E-state index contributed by atoms with van der Waals surface area (Å²) in [5.74, 6) is -3.30. The molecule has 1 fully saturated rings. The van der Waals surface area contributed by atoms with Crippen molar-refractivity contribution in [3.05, 3.63) is 70.8 Å². The van der Waals surface area contributed by atoms with Crippen molar-refractivity contribution in [3.63, 3.8) is 0 Å². The van der Waals surface area contributed by atoms with Crippen LogP contribution < -0.4 is 10.6 Å². The zero-order valence-corrected chi connectivity index (χ0v) is 16.2. The summed E-state index contributed by atoms with van der Waals surface area (Å²) in [6, 6.07) is 9.13. The average Bonchev–Trinajstić information content (AvgIpc) is 2.91. The fourth-order valence-electron chi connectivity index (χ4n) is 3.19. The van der Waals surface area contributed by atoms with Crippen molar-refractivity contribution >= 4 is 17.8 Å². The molecule has 1 aliphatic heterocycles. The Hall–Kier alpha value is -3.80. The van der Waals surface area contributed by atoms with Gasteiger partial charge in [-0.15, -0.1) is 0 Å². The molecule has 1 aliphatic rings. The summed E-state index contributed by atoms with van der Waals surface area (Å²) in [5, 5.41) is 14.1. The Labute approximate surface area is 171 Å². The zero-order chi connectivity index (χ0) is 22.1. The number of amides is 4. The molecule has 2 aromatic rings. The van der Waals surface area contributed by atoms with Gasteiger partial charge in [-0.2, -0.15) is 5.26 Å². The molecule has 0 aliphatic carbocycles. The monoisotopic (exact) mass is 412 g/mol. The van der Waals surface area contributed by atoms with E-state index in [0.29, 0.717) is 11.6 Å². The van der Waals surface area contributed by atoms with E-state index < -0.39 is 47.6 Å². The van der Waals surface area contributed by atoms with E-state index in [1.807, 2.05) is 6.92 Å². The van der Waals surface area contributed by atoms with Crippen molar-refractivity contribution in [1.29, 1.82) is 5.26 Å². The molecule has 3 rings (SSSR count). The van der Waals surface area contributed by atoms with Crippen LogP contribution in [0.25, 0.3) is 0 Å².